The van der Waals surface area contributed by atoms with Crippen molar-refractivity contribution in [2.45, 2.75) is 88.8 Å². The highest BCUT2D eigenvalue weighted by Crippen LogP contribution is 2.48. The number of halogens is 3. The maximum atomic E-state index is 13.7. The zero-order valence-corrected chi connectivity index (χ0v) is 28.0. The van der Waals surface area contributed by atoms with Crippen molar-refractivity contribution in [1.29, 1.82) is 5.26 Å². The Bertz CT molecular complexity index is 1480. The van der Waals surface area contributed by atoms with E-state index in [1.165, 1.54) is 18.5 Å². The predicted octanol–water partition coefficient (Wildman–Crippen LogP) is 5.69. The molecule has 1 saturated carbocycles. The minimum absolute atomic E-state index is 0.00139. The molecule has 2 aromatic heterocycles. The number of anilines is 2. The summed E-state index contributed by atoms with van der Waals surface area (Å²) < 4.78 is 53.3. The lowest BCUT2D eigenvalue weighted by molar-refractivity contribution is -0.138. The van der Waals surface area contributed by atoms with Crippen LogP contribution in [0, 0.1) is 11.3 Å². The molecule has 0 bridgehead atoms. The second-order valence-corrected chi connectivity index (χ2v) is 18.5. The lowest BCUT2D eigenvalue weighted by Gasteiger charge is -2.42. The first-order valence-corrected chi connectivity index (χ1v) is 18.4. The quantitative estimate of drug-likeness (QED) is 0.259. The van der Waals surface area contributed by atoms with Crippen LogP contribution < -0.4 is 14.5 Å². The van der Waals surface area contributed by atoms with Crippen LogP contribution in [0.4, 0.5) is 24.5 Å². The van der Waals surface area contributed by atoms with Crippen LogP contribution in [0.2, 0.25) is 18.1 Å². The van der Waals surface area contributed by atoms with E-state index < -0.39 is 37.2 Å². The van der Waals surface area contributed by atoms with E-state index in [0.717, 1.165) is 62.7 Å². The van der Waals surface area contributed by atoms with Crippen LogP contribution in [0.1, 0.15) is 64.1 Å². The summed E-state index contributed by atoms with van der Waals surface area (Å²) in [5.74, 6) is -0.444. The number of hydrogen-bond donors (Lipinski definition) is 0. The standard InChI is InChI=1S/C30H38F3N7O3SSi/c1-28(2,3)45(4,5)42-14-13-38-11-7-22(8-12-38)43-26-36-18-21(19-37-26)40-27(44)39(25(41)29(40)9-6-10-29)20-15-23(30(31,32)33)24(16-34)35-17-20/h15,17-19,22H,6-14H2,1-5H3. The normalized spacial score (nSPS) is 19.6. The first-order chi connectivity index (χ1) is 21.1. The molecule has 1 aliphatic carbocycles. The molecule has 0 aromatic carbocycles. The number of carbonyl (C=O) groups excluding carboxylic acids is 1. The van der Waals surface area contributed by atoms with Crippen LogP contribution in [-0.2, 0) is 15.4 Å². The van der Waals surface area contributed by atoms with E-state index in [2.05, 4.69) is 53.7 Å². The van der Waals surface area contributed by atoms with Gasteiger partial charge in [0.05, 0.1) is 35.5 Å². The van der Waals surface area contributed by atoms with Crippen molar-refractivity contribution in [2.24, 2.45) is 0 Å². The third-order valence-electron chi connectivity index (χ3n) is 9.49. The molecule has 1 spiro atoms. The van der Waals surface area contributed by atoms with Gasteiger partial charge in [-0.2, -0.15) is 18.4 Å². The molecule has 0 radical (unpaired) electrons. The summed E-state index contributed by atoms with van der Waals surface area (Å²) in [5, 5.41) is 9.30. The van der Waals surface area contributed by atoms with E-state index in [4.69, 9.17) is 26.6 Å². The number of nitrogens with zero attached hydrogens (tertiary/aromatic N) is 7. The summed E-state index contributed by atoms with van der Waals surface area (Å²) in [7, 11) is -1.77. The largest absolute Gasteiger partial charge is 0.460 e. The van der Waals surface area contributed by atoms with Crippen molar-refractivity contribution in [3.05, 3.63) is 35.9 Å². The average Bonchev–Trinajstić information content (AvgIpc) is 3.19. The highest BCUT2D eigenvalue weighted by molar-refractivity contribution is 7.81. The van der Waals surface area contributed by atoms with Crippen molar-refractivity contribution < 1.29 is 27.1 Å². The lowest BCUT2D eigenvalue weighted by atomic mass is 9.75. The molecule has 3 fully saturated rings. The summed E-state index contributed by atoms with van der Waals surface area (Å²) in [4.78, 5) is 31.2. The Labute approximate surface area is 267 Å². The minimum atomic E-state index is -4.83. The monoisotopic (exact) mass is 661 g/mol. The molecule has 2 aromatic rings. The molecule has 0 N–H and O–H groups in total. The van der Waals surface area contributed by atoms with E-state index in [-0.39, 0.29) is 28.0 Å². The number of likely N-dealkylation sites (tertiary alicyclic amines) is 1. The number of pyridine rings is 1. The molecule has 2 saturated heterocycles. The van der Waals surface area contributed by atoms with Gasteiger partial charge < -0.3 is 14.1 Å². The van der Waals surface area contributed by atoms with Gasteiger partial charge in [-0.15, -0.1) is 0 Å². The van der Waals surface area contributed by atoms with Crippen LogP contribution in [0.15, 0.2) is 24.7 Å². The molecule has 4 heterocycles. The maximum absolute atomic E-state index is 13.7. The fourth-order valence-corrected chi connectivity index (χ4v) is 7.12. The van der Waals surface area contributed by atoms with Gasteiger partial charge in [0.2, 0.25) is 0 Å². The number of carbonyl (C=O) groups is 1. The molecular formula is C30H38F3N7O3SSi. The minimum Gasteiger partial charge on any atom is -0.460 e. The van der Waals surface area contributed by atoms with E-state index in [9.17, 15) is 18.0 Å². The van der Waals surface area contributed by atoms with Gasteiger partial charge in [-0.05, 0) is 68.5 Å². The Balaban J connectivity index is 1.23. The molecule has 3 aliphatic rings. The fraction of sp³-hybridized carbons (Fsp3) is 0.600. The SMILES string of the molecule is CC(C)(C)[Si](C)(C)OCCN1CCC(Oc2ncc(N3C(=S)N(c4cnc(C#N)c(C(F)(F)F)c4)C(=O)C34CCC4)cn2)CC1. The number of hydrogen-bond acceptors (Lipinski definition) is 9. The van der Waals surface area contributed by atoms with Gasteiger partial charge in [0.1, 0.15) is 17.7 Å². The van der Waals surface area contributed by atoms with Crippen LogP contribution in [0.5, 0.6) is 6.01 Å². The Morgan fingerprint density at radius 3 is 2.24 bits per heavy atom. The third-order valence-corrected chi connectivity index (χ3v) is 14.4. The maximum Gasteiger partial charge on any atom is 0.419 e. The Kier molecular flexibility index (Phi) is 8.99. The van der Waals surface area contributed by atoms with Crippen molar-refractivity contribution >= 4 is 42.9 Å². The number of thiocarbonyl (C=S) groups is 1. The first kappa shape index (κ1) is 33.2. The van der Waals surface area contributed by atoms with Gasteiger partial charge in [-0.1, -0.05) is 20.8 Å². The molecule has 0 atom stereocenters. The number of amides is 1. The summed E-state index contributed by atoms with van der Waals surface area (Å²) >= 11 is 5.65. The molecule has 15 heteroatoms. The van der Waals surface area contributed by atoms with Gasteiger partial charge in [0.25, 0.3) is 5.91 Å². The van der Waals surface area contributed by atoms with Crippen LogP contribution in [0.25, 0.3) is 0 Å². The molecule has 45 heavy (non-hydrogen) atoms. The van der Waals surface area contributed by atoms with E-state index in [1.54, 1.807) is 4.90 Å². The first-order valence-electron chi connectivity index (χ1n) is 15.1. The number of nitriles is 1. The fourth-order valence-electron chi connectivity index (χ4n) is 5.62. The van der Waals surface area contributed by atoms with Crippen molar-refractivity contribution in [2.75, 3.05) is 36.0 Å². The second kappa shape index (κ2) is 12.2. The smallest absolute Gasteiger partial charge is 0.419 e. The second-order valence-electron chi connectivity index (χ2n) is 13.3. The summed E-state index contributed by atoms with van der Waals surface area (Å²) in [6.45, 7) is 14.6. The molecule has 242 valence electrons. The number of rotatable bonds is 8. The highest BCUT2D eigenvalue weighted by Gasteiger charge is 2.60. The number of piperidine rings is 1. The van der Waals surface area contributed by atoms with Crippen LogP contribution in [0.3, 0.4) is 0 Å². The van der Waals surface area contributed by atoms with Gasteiger partial charge in [0.15, 0.2) is 19.1 Å². The van der Waals surface area contributed by atoms with Crippen molar-refractivity contribution in [3.8, 4) is 12.1 Å². The van der Waals surface area contributed by atoms with Crippen LogP contribution in [-0.4, -0.2) is 77.1 Å². The molecule has 1 amide bonds. The Hall–Kier alpha value is -3.19. The van der Waals surface area contributed by atoms with Crippen molar-refractivity contribution in [3.63, 3.8) is 0 Å². The van der Waals surface area contributed by atoms with Crippen LogP contribution >= 0.6 is 12.2 Å². The third kappa shape index (κ3) is 6.42. The highest BCUT2D eigenvalue weighted by atomic mass is 32.1. The van der Waals surface area contributed by atoms with Gasteiger partial charge >= 0.3 is 12.2 Å². The molecular weight excluding hydrogens is 624 g/mol. The lowest BCUT2D eigenvalue weighted by Crippen LogP contribution is -2.55. The zero-order chi connectivity index (χ0) is 32.8. The zero-order valence-electron chi connectivity index (χ0n) is 26.1. The van der Waals surface area contributed by atoms with Gasteiger partial charge in [-0.25, -0.2) is 15.0 Å². The molecule has 0 unspecified atom stereocenters. The molecule has 5 rings (SSSR count). The van der Waals surface area contributed by atoms with E-state index in [0.29, 0.717) is 18.5 Å². The van der Waals surface area contributed by atoms with E-state index in [1.807, 2.05) is 0 Å². The number of alkyl halides is 3. The Morgan fingerprint density at radius 1 is 1.09 bits per heavy atom. The topological polar surface area (TPSA) is 108 Å². The Morgan fingerprint density at radius 2 is 1.71 bits per heavy atom. The molecule has 2 aliphatic heterocycles. The summed E-state index contributed by atoms with van der Waals surface area (Å²) in [6.07, 6.45) is 2.59. The predicted molar refractivity (Wildman–Crippen MR) is 168 cm³/mol. The number of aromatic nitrogens is 3. The van der Waals surface area contributed by atoms with Crippen molar-refractivity contribution in [1.82, 2.24) is 19.9 Å². The van der Waals surface area contributed by atoms with Gasteiger partial charge in [0, 0.05) is 26.2 Å². The average molecular weight is 662 g/mol. The van der Waals surface area contributed by atoms with Gasteiger partial charge in [-0.3, -0.25) is 14.6 Å². The van der Waals surface area contributed by atoms with E-state index >= 15 is 0 Å². The summed E-state index contributed by atoms with van der Waals surface area (Å²) in [6, 6.07) is 2.41. The molecule has 10 nitrogen and oxygen atoms in total. The number of ether oxygens (including phenoxy) is 1. The summed E-state index contributed by atoms with van der Waals surface area (Å²) in [5.41, 5.74) is -2.75.